The molecule has 2 saturated heterocycles. The molecule has 3 amide bonds. The Morgan fingerprint density at radius 1 is 1.25 bits per heavy atom. The lowest BCUT2D eigenvalue weighted by atomic mass is 9.81. The van der Waals surface area contributed by atoms with E-state index in [-0.39, 0.29) is 23.4 Å². The smallest absolute Gasteiger partial charge is 0.317 e. The molecular weight excluding hydrogens is 302 g/mol. The number of likely N-dealkylation sites (N-methyl/N-ethyl adjacent to an activating group) is 1. The molecule has 130 valence electrons. The van der Waals surface area contributed by atoms with Gasteiger partial charge >= 0.3 is 6.03 Å². The summed E-state index contributed by atoms with van der Waals surface area (Å²) in [6, 6.07) is 10.1. The fraction of sp³-hybridized carbons (Fsp3) is 0.579. The van der Waals surface area contributed by atoms with Gasteiger partial charge in [0.2, 0.25) is 5.91 Å². The van der Waals surface area contributed by atoms with E-state index in [9.17, 15) is 9.59 Å². The first-order chi connectivity index (χ1) is 11.6. The van der Waals surface area contributed by atoms with Gasteiger partial charge in [0.25, 0.3) is 0 Å². The third kappa shape index (κ3) is 2.99. The fourth-order valence-electron chi connectivity index (χ4n) is 4.03. The van der Waals surface area contributed by atoms with Crippen LogP contribution in [0, 0.1) is 0 Å². The molecule has 2 heterocycles. The maximum atomic E-state index is 12.8. The van der Waals surface area contributed by atoms with Gasteiger partial charge in [-0.3, -0.25) is 4.79 Å². The van der Waals surface area contributed by atoms with Crippen LogP contribution in [0.2, 0.25) is 0 Å². The number of nitrogens with zero attached hydrogens (tertiary/aromatic N) is 2. The summed E-state index contributed by atoms with van der Waals surface area (Å²) in [5.74, 6) is 0.168. The minimum absolute atomic E-state index is 0.0262. The number of hydrogen-bond acceptors (Lipinski definition) is 2. The number of carbonyl (C=O) groups excluding carboxylic acids is 2. The number of nitrogens with one attached hydrogen (secondary N) is 1. The molecule has 0 aromatic heterocycles. The molecule has 5 nitrogen and oxygen atoms in total. The highest BCUT2D eigenvalue weighted by molar-refractivity contribution is 5.87. The van der Waals surface area contributed by atoms with E-state index in [0.717, 1.165) is 37.8 Å². The fourth-order valence-corrected chi connectivity index (χ4v) is 4.03. The van der Waals surface area contributed by atoms with Gasteiger partial charge in [-0.1, -0.05) is 37.3 Å². The topological polar surface area (TPSA) is 52.7 Å². The monoisotopic (exact) mass is 329 g/mol. The summed E-state index contributed by atoms with van der Waals surface area (Å²) in [5.41, 5.74) is 1.01. The molecule has 1 aromatic carbocycles. The summed E-state index contributed by atoms with van der Waals surface area (Å²) in [6.45, 7) is 4.20. The van der Waals surface area contributed by atoms with Gasteiger partial charge in [0.15, 0.2) is 0 Å². The van der Waals surface area contributed by atoms with Gasteiger partial charge in [0.05, 0.1) is 5.92 Å². The Bertz CT molecular complexity index is 594. The van der Waals surface area contributed by atoms with Crippen molar-refractivity contribution in [1.82, 2.24) is 15.1 Å². The quantitative estimate of drug-likeness (QED) is 0.927. The van der Waals surface area contributed by atoms with Crippen LogP contribution < -0.4 is 5.32 Å². The summed E-state index contributed by atoms with van der Waals surface area (Å²) in [7, 11) is 1.93. The van der Waals surface area contributed by atoms with Crippen molar-refractivity contribution in [2.75, 3.05) is 26.7 Å². The van der Waals surface area contributed by atoms with Gasteiger partial charge in [0, 0.05) is 32.2 Å². The van der Waals surface area contributed by atoms with Crippen LogP contribution >= 0.6 is 0 Å². The van der Waals surface area contributed by atoms with Crippen molar-refractivity contribution in [3.8, 4) is 0 Å². The molecule has 1 spiro atoms. The molecule has 5 heteroatoms. The van der Waals surface area contributed by atoms with Crippen LogP contribution in [0.4, 0.5) is 4.79 Å². The number of benzene rings is 1. The van der Waals surface area contributed by atoms with Crippen LogP contribution in [0.25, 0.3) is 0 Å². The lowest BCUT2D eigenvalue weighted by Gasteiger charge is -2.43. The molecule has 24 heavy (non-hydrogen) atoms. The molecular formula is C19H27N3O2. The molecule has 2 fully saturated rings. The first-order valence-electron chi connectivity index (χ1n) is 8.93. The van der Waals surface area contributed by atoms with Gasteiger partial charge in [-0.15, -0.1) is 0 Å². The van der Waals surface area contributed by atoms with E-state index in [1.165, 1.54) is 0 Å². The molecule has 0 radical (unpaired) electrons. The van der Waals surface area contributed by atoms with Crippen molar-refractivity contribution in [1.29, 1.82) is 0 Å². The Hall–Kier alpha value is -2.04. The summed E-state index contributed by atoms with van der Waals surface area (Å²) in [6.07, 6.45) is 3.52. The van der Waals surface area contributed by atoms with Crippen molar-refractivity contribution >= 4 is 11.9 Å². The maximum absolute atomic E-state index is 12.8. The van der Waals surface area contributed by atoms with E-state index in [0.29, 0.717) is 13.1 Å². The first-order valence-corrected chi connectivity index (χ1v) is 8.93. The van der Waals surface area contributed by atoms with Crippen LogP contribution in [-0.4, -0.2) is 54.0 Å². The van der Waals surface area contributed by atoms with E-state index in [4.69, 9.17) is 0 Å². The second-order valence-electron chi connectivity index (χ2n) is 7.01. The Morgan fingerprint density at radius 2 is 1.92 bits per heavy atom. The standard InChI is InChI=1S/C19H27N3O2/c1-3-11-20-18(24)22-12-9-19(10-13-22)14-16(17(23)21(19)2)15-7-5-4-6-8-15/h4-8,16H,3,9-14H2,1-2H3,(H,20,24)/t16-/m0/s1. The number of urea groups is 1. The molecule has 2 aliphatic heterocycles. The number of piperidine rings is 1. The largest absolute Gasteiger partial charge is 0.339 e. The van der Waals surface area contributed by atoms with E-state index in [1.54, 1.807) is 0 Å². The minimum Gasteiger partial charge on any atom is -0.339 e. The zero-order valence-electron chi connectivity index (χ0n) is 14.6. The molecule has 0 unspecified atom stereocenters. The van der Waals surface area contributed by atoms with Crippen molar-refractivity contribution < 1.29 is 9.59 Å². The van der Waals surface area contributed by atoms with Crippen molar-refractivity contribution in [2.24, 2.45) is 0 Å². The lowest BCUT2D eigenvalue weighted by Crippen LogP contribution is -2.54. The van der Waals surface area contributed by atoms with Gasteiger partial charge in [-0.05, 0) is 31.2 Å². The van der Waals surface area contributed by atoms with Crippen LogP contribution in [-0.2, 0) is 4.79 Å². The Labute approximate surface area is 144 Å². The third-order valence-electron chi connectivity index (χ3n) is 5.63. The van der Waals surface area contributed by atoms with Gasteiger partial charge < -0.3 is 15.1 Å². The van der Waals surface area contributed by atoms with Gasteiger partial charge in [-0.2, -0.15) is 0 Å². The molecule has 0 saturated carbocycles. The van der Waals surface area contributed by atoms with Crippen LogP contribution in [0.1, 0.15) is 44.1 Å². The van der Waals surface area contributed by atoms with Crippen LogP contribution in [0.5, 0.6) is 0 Å². The van der Waals surface area contributed by atoms with Crippen molar-refractivity contribution in [2.45, 2.75) is 44.1 Å². The van der Waals surface area contributed by atoms with Crippen LogP contribution in [0.15, 0.2) is 30.3 Å². The second-order valence-corrected chi connectivity index (χ2v) is 7.01. The third-order valence-corrected chi connectivity index (χ3v) is 5.63. The van der Waals surface area contributed by atoms with E-state index in [2.05, 4.69) is 5.32 Å². The van der Waals surface area contributed by atoms with E-state index in [1.807, 2.05) is 54.1 Å². The van der Waals surface area contributed by atoms with Crippen molar-refractivity contribution in [3.63, 3.8) is 0 Å². The number of amides is 3. The summed E-state index contributed by atoms with van der Waals surface area (Å²) in [4.78, 5) is 28.7. The number of hydrogen-bond donors (Lipinski definition) is 1. The van der Waals surface area contributed by atoms with Gasteiger partial charge in [0.1, 0.15) is 0 Å². The highest BCUT2D eigenvalue weighted by Gasteiger charge is 2.50. The normalized spacial score (nSPS) is 22.9. The lowest BCUT2D eigenvalue weighted by molar-refractivity contribution is -0.131. The first kappa shape index (κ1) is 16.8. The van der Waals surface area contributed by atoms with Crippen LogP contribution in [0.3, 0.4) is 0 Å². The van der Waals surface area contributed by atoms with E-state index >= 15 is 0 Å². The number of carbonyl (C=O) groups is 2. The van der Waals surface area contributed by atoms with Crippen molar-refractivity contribution in [3.05, 3.63) is 35.9 Å². The second kappa shape index (κ2) is 6.83. The summed E-state index contributed by atoms with van der Waals surface area (Å²) >= 11 is 0. The zero-order chi connectivity index (χ0) is 17.2. The minimum atomic E-state index is -0.0981. The number of likely N-dealkylation sites (tertiary alicyclic amines) is 2. The molecule has 0 bridgehead atoms. The average molecular weight is 329 g/mol. The molecule has 1 atom stereocenters. The van der Waals surface area contributed by atoms with E-state index < -0.39 is 0 Å². The molecule has 1 aromatic rings. The highest BCUT2D eigenvalue weighted by Crippen LogP contribution is 2.44. The average Bonchev–Trinajstić information content (AvgIpc) is 2.86. The molecule has 0 aliphatic carbocycles. The Kier molecular flexibility index (Phi) is 4.78. The molecule has 1 N–H and O–H groups in total. The predicted octanol–water partition coefficient (Wildman–Crippen LogP) is 2.59. The van der Waals surface area contributed by atoms with Gasteiger partial charge in [-0.25, -0.2) is 4.79 Å². The maximum Gasteiger partial charge on any atom is 0.317 e. The highest BCUT2D eigenvalue weighted by atomic mass is 16.2. The molecule has 3 rings (SSSR count). The molecule has 2 aliphatic rings. The Morgan fingerprint density at radius 3 is 2.54 bits per heavy atom. The summed E-state index contributed by atoms with van der Waals surface area (Å²) in [5, 5.41) is 2.94. The summed E-state index contributed by atoms with van der Waals surface area (Å²) < 4.78 is 0. The zero-order valence-corrected chi connectivity index (χ0v) is 14.6. The SMILES string of the molecule is CCCNC(=O)N1CCC2(CC1)C[C@@H](c1ccccc1)C(=O)N2C. The Balaban J connectivity index is 1.67. The predicted molar refractivity (Wildman–Crippen MR) is 93.8 cm³/mol. The number of rotatable bonds is 3.